The predicted octanol–water partition coefficient (Wildman–Crippen LogP) is 15.7. The number of halogens is 1. The fourth-order valence-electron chi connectivity index (χ4n) is 9.41. The van der Waals surface area contributed by atoms with Crippen LogP contribution < -0.4 is 0 Å². The minimum atomic E-state index is 0.0265. The fraction of sp³-hybridized carbons (Fsp3) is 0.286. The molecule has 0 unspecified atom stereocenters. The third kappa shape index (κ3) is 6.47. The van der Waals surface area contributed by atoms with E-state index in [9.17, 15) is 0 Å². The molecule has 0 aliphatic carbocycles. The molecule has 6 heteroatoms. The third-order valence-electron chi connectivity index (χ3n) is 13.1. The van der Waals surface area contributed by atoms with Crippen molar-refractivity contribution in [3.8, 4) is 17.2 Å². The van der Waals surface area contributed by atoms with Gasteiger partial charge in [0, 0.05) is 43.7 Å². The van der Waals surface area contributed by atoms with Gasteiger partial charge in [-0.1, -0.05) is 107 Å². The van der Waals surface area contributed by atoms with Crippen molar-refractivity contribution in [1.82, 2.24) is 23.7 Å². The summed E-state index contributed by atoms with van der Waals surface area (Å²) in [6, 6.07) is 42.1. The maximum absolute atomic E-state index is 4.88. The molecule has 5 nitrogen and oxygen atoms in total. The first-order chi connectivity index (χ1) is 29.2. The number of benzene rings is 6. The molecule has 0 atom stereocenters. The summed E-state index contributed by atoms with van der Waals surface area (Å²) in [6.07, 6.45) is 3.63. The summed E-state index contributed by atoms with van der Waals surface area (Å²) in [5.74, 6) is 0.774. The number of aromatic nitrogens is 5. The van der Waals surface area contributed by atoms with E-state index < -0.39 is 0 Å². The second-order valence-electron chi connectivity index (χ2n) is 21.5. The van der Waals surface area contributed by atoms with Gasteiger partial charge in [-0.05, 0) is 145 Å². The topological polar surface area (TPSA) is 40.6 Å². The van der Waals surface area contributed by atoms with E-state index in [-0.39, 0.29) is 21.7 Å². The molecule has 6 aromatic carbocycles. The average Bonchev–Trinajstić information content (AvgIpc) is 3.83. The molecule has 312 valence electrons. The van der Waals surface area contributed by atoms with Crippen LogP contribution in [0.1, 0.15) is 105 Å². The van der Waals surface area contributed by atoms with Gasteiger partial charge in [-0.2, -0.15) is 0 Å². The number of nitrogens with zero attached hydrogens (tertiary/aromatic N) is 5. The van der Waals surface area contributed by atoms with Gasteiger partial charge in [0.05, 0.1) is 45.5 Å². The maximum atomic E-state index is 4.88. The van der Waals surface area contributed by atoms with Crippen molar-refractivity contribution in [3.05, 3.63) is 148 Å². The summed E-state index contributed by atoms with van der Waals surface area (Å²) in [7, 11) is 0. The zero-order chi connectivity index (χ0) is 43.8. The van der Waals surface area contributed by atoms with E-state index in [0.717, 1.165) is 39.0 Å². The van der Waals surface area contributed by atoms with E-state index in [2.05, 4.69) is 227 Å². The van der Waals surface area contributed by atoms with Gasteiger partial charge in [0.2, 0.25) is 0 Å². The molecule has 0 spiro atoms. The van der Waals surface area contributed by atoms with Crippen molar-refractivity contribution in [2.75, 3.05) is 0 Å². The SMILES string of the molecule is CC(C)(C)c1ccc2c(c1)c1cc(C(C)(C)C)ccc1n2-c1ccc2c(c1)c1cc(-n3c4ccc(C(C)(C)C)cc4c4cc(C(C)(C)C)ccc43)ccc1n2-c1cnc(Br)cn1. The van der Waals surface area contributed by atoms with E-state index in [0.29, 0.717) is 4.60 Å². The lowest BCUT2D eigenvalue weighted by Crippen LogP contribution is -2.10. The zero-order valence-electron chi connectivity index (χ0n) is 38.2. The van der Waals surface area contributed by atoms with Gasteiger partial charge in [-0.25, -0.2) is 9.97 Å². The van der Waals surface area contributed by atoms with Gasteiger partial charge in [0.15, 0.2) is 5.82 Å². The first-order valence-electron chi connectivity index (χ1n) is 21.9. The first-order valence-corrected chi connectivity index (χ1v) is 22.7. The first kappa shape index (κ1) is 40.4. The third-order valence-corrected chi connectivity index (χ3v) is 13.5. The Morgan fingerprint density at radius 2 is 0.629 bits per heavy atom. The number of fused-ring (bicyclic) bond motifs is 9. The van der Waals surface area contributed by atoms with Crippen LogP contribution in [0.4, 0.5) is 0 Å². The van der Waals surface area contributed by atoms with Crippen LogP contribution in [0.25, 0.3) is 82.6 Å². The number of hydrogen-bond donors (Lipinski definition) is 0. The van der Waals surface area contributed by atoms with Crippen LogP contribution in [0.5, 0.6) is 0 Å². The number of hydrogen-bond acceptors (Lipinski definition) is 2. The normalized spacial score (nSPS) is 13.2. The molecule has 10 rings (SSSR count). The van der Waals surface area contributed by atoms with Crippen molar-refractivity contribution in [3.63, 3.8) is 0 Å². The Kier molecular flexibility index (Phi) is 8.88. The molecule has 4 aromatic heterocycles. The highest BCUT2D eigenvalue weighted by atomic mass is 79.9. The molecule has 0 fully saturated rings. The van der Waals surface area contributed by atoms with Gasteiger partial charge in [-0.3, -0.25) is 4.57 Å². The summed E-state index contributed by atoms with van der Waals surface area (Å²) in [6.45, 7) is 27.6. The van der Waals surface area contributed by atoms with Crippen molar-refractivity contribution in [2.45, 2.75) is 105 Å². The molecule has 4 heterocycles. The van der Waals surface area contributed by atoms with E-state index in [1.165, 1.54) is 65.9 Å². The highest BCUT2D eigenvalue weighted by molar-refractivity contribution is 9.10. The maximum Gasteiger partial charge on any atom is 0.156 e. The second kappa shape index (κ2) is 13.6. The Morgan fingerprint density at radius 3 is 0.919 bits per heavy atom. The van der Waals surface area contributed by atoms with Gasteiger partial charge in [0.25, 0.3) is 0 Å². The molecule has 62 heavy (non-hydrogen) atoms. The Bertz CT molecular complexity index is 3090. The smallest absolute Gasteiger partial charge is 0.156 e. The van der Waals surface area contributed by atoms with Crippen LogP contribution >= 0.6 is 15.9 Å². The minimum absolute atomic E-state index is 0.0265. The molecular formula is C56H56BrN5. The van der Waals surface area contributed by atoms with E-state index in [1.807, 2.05) is 6.20 Å². The van der Waals surface area contributed by atoms with Gasteiger partial charge >= 0.3 is 0 Å². The summed E-state index contributed by atoms with van der Waals surface area (Å²) in [5.41, 5.74) is 14.7. The quantitative estimate of drug-likeness (QED) is 0.177. The fourth-order valence-corrected chi connectivity index (χ4v) is 9.62. The predicted molar refractivity (Wildman–Crippen MR) is 268 cm³/mol. The van der Waals surface area contributed by atoms with Crippen LogP contribution in [-0.2, 0) is 21.7 Å². The molecule has 0 N–H and O–H groups in total. The summed E-state index contributed by atoms with van der Waals surface area (Å²) < 4.78 is 7.88. The lowest BCUT2D eigenvalue weighted by Gasteiger charge is -2.19. The molecule has 0 saturated carbocycles. The van der Waals surface area contributed by atoms with E-state index in [4.69, 9.17) is 4.98 Å². The second-order valence-corrected chi connectivity index (χ2v) is 22.3. The highest BCUT2D eigenvalue weighted by Gasteiger charge is 2.24. The summed E-state index contributed by atoms with van der Waals surface area (Å²) in [5, 5.41) is 7.44. The molecule has 0 radical (unpaired) electrons. The Hall–Kier alpha value is -5.72. The molecule has 10 aromatic rings. The molecular weight excluding hydrogens is 823 g/mol. The van der Waals surface area contributed by atoms with Crippen molar-refractivity contribution in [2.24, 2.45) is 0 Å². The molecule has 0 saturated heterocycles. The van der Waals surface area contributed by atoms with Gasteiger partial charge < -0.3 is 9.13 Å². The van der Waals surface area contributed by atoms with Crippen molar-refractivity contribution in [1.29, 1.82) is 0 Å². The Balaban J connectivity index is 1.27. The lowest BCUT2D eigenvalue weighted by molar-refractivity contribution is 0.590. The standard InChI is InChI=1S/C56H56BrN5/c1-53(2,3)33-13-19-45-39(25-33)40-26-34(54(4,5)6)14-20-46(40)60(45)37-17-23-49-43(29-37)44-30-38(18-24-50(44)62(49)52-32-58-51(57)31-59-52)61-47-21-15-35(55(7,8)9)27-41(47)42-28-36(56(10,11)12)16-22-48(42)61/h13-32H,1-12H3. The minimum Gasteiger partial charge on any atom is -0.309 e. The van der Waals surface area contributed by atoms with Crippen molar-refractivity contribution < 1.29 is 0 Å². The van der Waals surface area contributed by atoms with Gasteiger partial charge in [0.1, 0.15) is 4.60 Å². The largest absolute Gasteiger partial charge is 0.309 e. The Morgan fingerprint density at radius 1 is 0.339 bits per heavy atom. The van der Waals surface area contributed by atoms with E-state index >= 15 is 0 Å². The molecule has 0 aliphatic heterocycles. The molecule has 0 bridgehead atoms. The molecule has 0 aliphatic rings. The molecule has 0 amide bonds. The van der Waals surface area contributed by atoms with Crippen LogP contribution in [0, 0.1) is 0 Å². The lowest BCUT2D eigenvalue weighted by atomic mass is 9.85. The van der Waals surface area contributed by atoms with Crippen LogP contribution in [0.3, 0.4) is 0 Å². The Labute approximate surface area is 373 Å². The average molecular weight is 879 g/mol. The summed E-state index contributed by atoms with van der Waals surface area (Å²) >= 11 is 3.52. The van der Waals surface area contributed by atoms with Crippen molar-refractivity contribution >= 4 is 81.3 Å². The van der Waals surface area contributed by atoms with E-state index in [1.54, 1.807) is 6.20 Å². The number of rotatable bonds is 3. The van der Waals surface area contributed by atoms with Crippen LogP contribution in [0.15, 0.2) is 126 Å². The zero-order valence-corrected chi connectivity index (χ0v) is 39.7. The van der Waals surface area contributed by atoms with Gasteiger partial charge in [-0.15, -0.1) is 0 Å². The van der Waals surface area contributed by atoms with Crippen LogP contribution in [-0.4, -0.2) is 23.7 Å². The summed E-state index contributed by atoms with van der Waals surface area (Å²) in [4.78, 5) is 9.51. The highest BCUT2D eigenvalue weighted by Crippen LogP contribution is 2.42. The monoisotopic (exact) mass is 877 g/mol. The van der Waals surface area contributed by atoms with Crippen LogP contribution in [0.2, 0.25) is 0 Å².